The average molecular weight is 473 g/mol. The third kappa shape index (κ3) is 5.00. The Morgan fingerprint density at radius 1 is 1.09 bits per heavy atom. The largest absolute Gasteiger partial charge is 0.418 e. The lowest BCUT2D eigenvalue weighted by Crippen LogP contribution is -2.47. The Balaban J connectivity index is 1.43. The number of benzene rings is 2. The fourth-order valence-electron chi connectivity index (χ4n) is 4.25. The molecule has 2 aromatic carbocycles. The van der Waals surface area contributed by atoms with Gasteiger partial charge in [-0.2, -0.15) is 13.2 Å². The third-order valence-electron chi connectivity index (χ3n) is 5.89. The Morgan fingerprint density at radius 3 is 2.47 bits per heavy atom. The first-order valence-electron chi connectivity index (χ1n) is 11.3. The molecule has 3 aromatic rings. The minimum atomic E-state index is -4.56. The number of nitrogens with zero attached hydrogens (tertiary/aromatic N) is 3. The van der Waals surface area contributed by atoms with Crippen LogP contribution in [0.15, 0.2) is 53.3 Å². The van der Waals surface area contributed by atoms with Gasteiger partial charge in [-0.3, -0.25) is 4.79 Å². The van der Waals surface area contributed by atoms with Crippen LogP contribution >= 0.6 is 0 Å². The number of aromatic nitrogens is 2. The van der Waals surface area contributed by atoms with E-state index in [2.05, 4.69) is 15.6 Å². The number of amides is 2. The van der Waals surface area contributed by atoms with Crippen molar-refractivity contribution in [3.8, 4) is 0 Å². The number of alkyl halides is 3. The van der Waals surface area contributed by atoms with Gasteiger partial charge in [0, 0.05) is 25.7 Å². The molecule has 1 aliphatic rings. The molecule has 1 fully saturated rings. The van der Waals surface area contributed by atoms with Gasteiger partial charge in [0.15, 0.2) is 5.82 Å². The van der Waals surface area contributed by atoms with Gasteiger partial charge in [0.05, 0.1) is 22.3 Å². The second kappa shape index (κ2) is 9.74. The molecule has 0 bridgehead atoms. The van der Waals surface area contributed by atoms with Crippen molar-refractivity contribution < 1.29 is 18.0 Å². The Bertz CT molecular complexity index is 1230. The number of halogens is 3. The number of para-hydroxylation sites is 3. The Kier molecular flexibility index (Phi) is 6.76. The first-order valence-corrected chi connectivity index (χ1v) is 11.3. The molecule has 1 aromatic heterocycles. The summed E-state index contributed by atoms with van der Waals surface area (Å²) in [7, 11) is 0. The number of carbonyl (C=O) groups excluding carboxylic acids is 1. The van der Waals surface area contributed by atoms with Gasteiger partial charge in [-0.05, 0) is 43.5 Å². The number of urea groups is 1. The molecule has 2 amide bonds. The molecule has 7 nitrogen and oxygen atoms in total. The average Bonchev–Trinajstić information content (AvgIpc) is 2.81. The van der Waals surface area contributed by atoms with Gasteiger partial charge in [-0.25, -0.2) is 9.78 Å². The second-order valence-corrected chi connectivity index (χ2v) is 8.28. The van der Waals surface area contributed by atoms with Crippen LogP contribution < -0.4 is 21.1 Å². The van der Waals surface area contributed by atoms with Gasteiger partial charge < -0.3 is 20.1 Å². The molecule has 1 saturated heterocycles. The van der Waals surface area contributed by atoms with Crippen LogP contribution in [0.5, 0.6) is 0 Å². The van der Waals surface area contributed by atoms with E-state index in [4.69, 9.17) is 0 Å². The maximum absolute atomic E-state index is 13.2. The van der Waals surface area contributed by atoms with E-state index in [1.165, 1.54) is 18.2 Å². The van der Waals surface area contributed by atoms with Crippen LogP contribution in [0.1, 0.15) is 31.7 Å². The predicted octanol–water partition coefficient (Wildman–Crippen LogP) is 4.62. The molecule has 0 atom stereocenters. The molecule has 10 heteroatoms. The lowest BCUT2D eigenvalue weighted by atomic mass is 10.1. The van der Waals surface area contributed by atoms with Gasteiger partial charge in [0.1, 0.15) is 0 Å². The summed E-state index contributed by atoms with van der Waals surface area (Å²) < 4.78 is 41.2. The molecule has 0 aliphatic carbocycles. The van der Waals surface area contributed by atoms with Crippen molar-refractivity contribution in [3.63, 3.8) is 0 Å². The smallest absolute Gasteiger partial charge is 0.352 e. The molecule has 4 rings (SSSR count). The topological polar surface area (TPSA) is 79.3 Å². The highest BCUT2D eigenvalue weighted by molar-refractivity contribution is 5.90. The van der Waals surface area contributed by atoms with E-state index in [1.807, 2.05) is 36.1 Å². The van der Waals surface area contributed by atoms with Gasteiger partial charge in [0.2, 0.25) is 0 Å². The molecule has 2 heterocycles. The minimum absolute atomic E-state index is 0.145. The third-order valence-corrected chi connectivity index (χ3v) is 5.89. The molecular formula is C24H26F3N5O2. The summed E-state index contributed by atoms with van der Waals surface area (Å²) in [6.07, 6.45) is -2.68. The van der Waals surface area contributed by atoms with Gasteiger partial charge in [-0.15, -0.1) is 0 Å². The fraction of sp³-hybridized carbons (Fsp3) is 0.375. The number of piperidine rings is 1. The molecule has 180 valence electrons. The summed E-state index contributed by atoms with van der Waals surface area (Å²) in [5.41, 5.74) is 0.208. The Morgan fingerprint density at radius 2 is 1.76 bits per heavy atom. The van der Waals surface area contributed by atoms with Gasteiger partial charge in [0.25, 0.3) is 5.56 Å². The zero-order valence-corrected chi connectivity index (χ0v) is 18.7. The summed E-state index contributed by atoms with van der Waals surface area (Å²) in [5.74, 6) is 0.383. The number of nitrogens with one attached hydrogen (secondary N) is 2. The summed E-state index contributed by atoms with van der Waals surface area (Å²) in [6.45, 7) is 3.59. The van der Waals surface area contributed by atoms with Crippen LogP contribution in [-0.2, 0) is 12.7 Å². The van der Waals surface area contributed by atoms with Crippen LogP contribution in [-0.4, -0.2) is 34.7 Å². The first kappa shape index (κ1) is 23.6. The fourth-order valence-corrected chi connectivity index (χ4v) is 4.25. The summed E-state index contributed by atoms with van der Waals surface area (Å²) in [5, 5.41) is 5.05. The van der Waals surface area contributed by atoms with Crippen molar-refractivity contribution in [2.75, 3.05) is 23.3 Å². The van der Waals surface area contributed by atoms with Crippen molar-refractivity contribution in [3.05, 3.63) is 64.4 Å². The van der Waals surface area contributed by atoms with Crippen LogP contribution in [0.3, 0.4) is 0 Å². The molecule has 2 N–H and O–H groups in total. The van der Waals surface area contributed by atoms with Crippen molar-refractivity contribution >= 4 is 28.6 Å². The van der Waals surface area contributed by atoms with E-state index in [1.54, 1.807) is 4.57 Å². The number of fused-ring (bicyclic) bond motifs is 1. The van der Waals surface area contributed by atoms with Crippen molar-refractivity contribution in [1.29, 1.82) is 0 Å². The zero-order valence-electron chi connectivity index (χ0n) is 18.7. The molecule has 1 aliphatic heterocycles. The number of aryl methyl sites for hydroxylation is 1. The van der Waals surface area contributed by atoms with E-state index in [0.717, 1.165) is 23.5 Å². The molecule has 0 unspecified atom stereocenters. The second-order valence-electron chi connectivity index (χ2n) is 8.28. The summed E-state index contributed by atoms with van der Waals surface area (Å²) in [6, 6.07) is 11.5. The van der Waals surface area contributed by atoms with Gasteiger partial charge in [-0.1, -0.05) is 31.2 Å². The van der Waals surface area contributed by atoms with E-state index in [9.17, 15) is 22.8 Å². The molecule has 0 saturated carbocycles. The number of rotatable bonds is 5. The first-order chi connectivity index (χ1) is 16.3. The van der Waals surface area contributed by atoms with Crippen LogP contribution in [0.2, 0.25) is 0 Å². The number of hydrogen-bond acceptors (Lipinski definition) is 4. The highest BCUT2D eigenvalue weighted by Gasteiger charge is 2.34. The maximum Gasteiger partial charge on any atom is 0.418 e. The zero-order chi connectivity index (χ0) is 24.3. The molecule has 0 radical (unpaired) electrons. The highest BCUT2D eigenvalue weighted by atomic mass is 19.4. The lowest BCUT2D eigenvalue weighted by Gasteiger charge is -2.33. The normalized spacial score (nSPS) is 14.9. The van der Waals surface area contributed by atoms with Crippen LogP contribution in [0.25, 0.3) is 11.0 Å². The van der Waals surface area contributed by atoms with Crippen LogP contribution in [0.4, 0.5) is 29.5 Å². The molecule has 34 heavy (non-hydrogen) atoms. The van der Waals surface area contributed by atoms with E-state index < -0.39 is 17.8 Å². The van der Waals surface area contributed by atoms with Crippen molar-refractivity contribution in [2.24, 2.45) is 0 Å². The highest BCUT2D eigenvalue weighted by Crippen LogP contribution is 2.34. The number of carbonyl (C=O) groups is 1. The lowest BCUT2D eigenvalue weighted by molar-refractivity contribution is -0.136. The number of anilines is 2. The quantitative estimate of drug-likeness (QED) is 0.567. The van der Waals surface area contributed by atoms with Crippen molar-refractivity contribution in [1.82, 2.24) is 14.9 Å². The van der Waals surface area contributed by atoms with E-state index in [0.29, 0.717) is 38.3 Å². The minimum Gasteiger partial charge on any atom is -0.352 e. The van der Waals surface area contributed by atoms with Crippen molar-refractivity contribution in [2.45, 2.75) is 44.9 Å². The maximum atomic E-state index is 13.2. The summed E-state index contributed by atoms with van der Waals surface area (Å²) >= 11 is 0. The number of hydrogen-bond donors (Lipinski definition) is 2. The SMILES string of the molecule is CCCn1c(=O)c(N2CCC(NC(=O)Nc3ccccc3C(F)(F)F)CC2)nc2ccccc21. The van der Waals surface area contributed by atoms with E-state index in [-0.39, 0.29) is 17.3 Å². The van der Waals surface area contributed by atoms with E-state index >= 15 is 0 Å². The molecule has 0 spiro atoms. The Labute approximate surface area is 194 Å². The standard InChI is InChI=1S/C24H26F3N5O2/c1-2-13-32-20-10-6-5-9-19(20)29-21(22(32)33)31-14-11-16(12-15-31)28-23(34)30-18-8-4-3-7-17(18)24(25,26)27/h3-10,16H,2,11-15H2,1H3,(H2,28,30,34). The molecular weight excluding hydrogens is 447 g/mol. The monoisotopic (exact) mass is 473 g/mol. The van der Waals surface area contributed by atoms with Gasteiger partial charge >= 0.3 is 12.2 Å². The predicted molar refractivity (Wildman–Crippen MR) is 125 cm³/mol. The summed E-state index contributed by atoms with van der Waals surface area (Å²) in [4.78, 5) is 32.0. The Hall–Kier alpha value is -3.56. The van der Waals surface area contributed by atoms with Crippen LogP contribution in [0, 0.1) is 0 Å².